The number of halogens is 1. The fourth-order valence-corrected chi connectivity index (χ4v) is 5.56. The van der Waals surface area contributed by atoms with Crippen molar-refractivity contribution >= 4 is 37.3 Å². The summed E-state index contributed by atoms with van der Waals surface area (Å²) in [5, 5.41) is 0. The number of rotatable bonds is 5. The number of nitrogens with two attached hydrogens (primary N) is 1. The zero-order valence-electron chi connectivity index (χ0n) is 9.44. The molecule has 96 valence electrons. The molecule has 0 aliphatic heterocycles. The second-order valence-corrected chi connectivity index (χ2v) is 8.44. The monoisotopic (exact) mass is 338 g/mol. The van der Waals surface area contributed by atoms with Crippen molar-refractivity contribution in [3.8, 4) is 0 Å². The van der Waals surface area contributed by atoms with Gasteiger partial charge in [0, 0.05) is 17.5 Å². The van der Waals surface area contributed by atoms with Gasteiger partial charge >= 0.3 is 0 Å². The fourth-order valence-electron chi connectivity index (χ4n) is 1.68. The predicted octanol–water partition coefficient (Wildman–Crippen LogP) is 2.05. The molecule has 0 radical (unpaired) electrons. The lowest BCUT2D eigenvalue weighted by Crippen LogP contribution is -2.33. The standard InChI is InChI=1S/C10H15BrN2O2S2/c1-6(7-2-3-7)13-17(14,15)9-4-8(5-12)16-10(9)11/h4,6-7,13H,2-3,5,12H2,1H3. The first-order chi connectivity index (χ1) is 7.94. The van der Waals surface area contributed by atoms with Gasteiger partial charge in [-0.3, -0.25) is 0 Å². The van der Waals surface area contributed by atoms with E-state index in [1.165, 1.54) is 11.3 Å². The molecule has 0 aromatic carbocycles. The van der Waals surface area contributed by atoms with Gasteiger partial charge in [0.15, 0.2) is 0 Å². The lowest BCUT2D eigenvalue weighted by molar-refractivity contribution is 0.538. The minimum absolute atomic E-state index is 0.00752. The summed E-state index contributed by atoms with van der Waals surface area (Å²) >= 11 is 4.64. The average Bonchev–Trinajstić information content (AvgIpc) is 3.01. The Morgan fingerprint density at radius 3 is 2.76 bits per heavy atom. The Kier molecular flexibility index (Phi) is 3.94. The van der Waals surface area contributed by atoms with Crippen molar-refractivity contribution in [2.45, 2.75) is 37.2 Å². The van der Waals surface area contributed by atoms with Crippen LogP contribution in [0.2, 0.25) is 0 Å². The van der Waals surface area contributed by atoms with Gasteiger partial charge in [0.25, 0.3) is 0 Å². The first-order valence-corrected chi connectivity index (χ1v) is 8.54. The van der Waals surface area contributed by atoms with Crippen LogP contribution in [0.4, 0.5) is 0 Å². The highest BCUT2D eigenvalue weighted by Crippen LogP contribution is 2.35. The maximum Gasteiger partial charge on any atom is 0.242 e. The molecule has 1 aromatic rings. The van der Waals surface area contributed by atoms with Gasteiger partial charge in [-0.05, 0) is 47.7 Å². The molecule has 1 heterocycles. The van der Waals surface area contributed by atoms with E-state index in [1.54, 1.807) is 6.07 Å². The molecule has 3 N–H and O–H groups in total. The van der Waals surface area contributed by atoms with E-state index in [4.69, 9.17) is 5.73 Å². The Morgan fingerprint density at radius 2 is 2.29 bits per heavy atom. The average molecular weight is 339 g/mol. The van der Waals surface area contributed by atoms with Crippen LogP contribution in [0.1, 0.15) is 24.6 Å². The zero-order chi connectivity index (χ0) is 12.6. The summed E-state index contributed by atoms with van der Waals surface area (Å²) < 4.78 is 27.6. The minimum atomic E-state index is -3.43. The van der Waals surface area contributed by atoms with Crippen molar-refractivity contribution in [3.05, 3.63) is 14.7 Å². The summed E-state index contributed by atoms with van der Waals surface area (Å²) in [7, 11) is -3.43. The Labute approximate surface area is 114 Å². The molecule has 1 aromatic heterocycles. The number of hydrogen-bond donors (Lipinski definition) is 2. The first-order valence-electron chi connectivity index (χ1n) is 5.44. The van der Waals surface area contributed by atoms with E-state index in [1.807, 2.05) is 6.92 Å². The van der Waals surface area contributed by atoms with Crippen LogP contribution in [-0.4, -0.2) is 14.5 Å². The third-order valence-electron chi connectivity index (χ3n) is 2.87. The van der Waals surface area contributed by atoms with E-state index in [-0.39, 0.29) is 6.04 Å². The van der Waals surface area contributed by atoms with Gasteiger partial charge in [0.1, 0.15) is 4.90 Å². The molecule has 7 heteroatoms. The molecule has 1 unspecified atom stereocenters. The highest BCUT2D eigenvalue weighted by atomic mass is 79.9. The van der Waals surface area contributed by atoms with Crippen LogP contribution in [0.5, 0.6) is 0 Å². The number of thiophene rings is 1. The molecular weight excluding hydrogens is 324 g/mol. The maximum absolute atomic E-state index is 12.1. The first kappa shape index (κ1) is 13.5. The SMILES string of the molecule is CC(NS(=O)(=O)c1cc(CN)sc1Br)C1CC1. The van der Waals surface area contributed by atoms with Crippen LogP contribution in [-0.2, 0) is 16.6 Å². The largest absolute Gasteiger partial charge is 0.326 e. The third kappa shape index (κ3) is 3.08. The predicted molar refractivity (Wildman–Crippen MR) is 72.4 cm³/mol. The summed E-state index contributed by atoms with van der Waals surface area (Å²) in [5.41, 5.74) is 5.51. The van der Waals surface area contributed by atoms with Crippen molar-refractivity contribution < 1.29 is 8.42 Å². The molecule has 0 amide bonds. The van der Waals surface area contributed by atoms with Crippen LogP contribution in [0.15, 0.2) is 14.7 Å². The summed E-state index contributed by atoms with van der Waals surface area (Å²) in [6.07, 6.45) is 2.23. The fraction of sp³-hybridized carbons (Fsp3) is 0.600. The van der Waals surface area contributed by atoms with Crippen LogP contribution in [0, 0.1) is 5.92 Å². The second-order valence-electron chi connectivity index (χ2n) is 4.30. The number of sulfonamides is 1. The topological polar surface area (TPSA) is 72.2 Å². The smallest absolute Gasteiger partial charge is 0.242 e. The minimum Gasteiger partial charge on any atom is -0.326 e. The van der Waals surface area contributed by atoms with Crippen LogP contribution < -0.4 is 10.5 Å². The van der Waals surface area contributed by atoms with E-state index in [2.05, 4.69) is 20.7 Å². The molecular formula is C10H15BrN2O2S2. The Hall–Kier alpha value is 0.0500. The van der Waals surface area contributed by atoms with Crippen molar-refractivity contribution in [2.24, 2.45) is 11.7 Å². The molecule has 4 nitrogen and oxygen atoms in total. The van der Waals surface area contributed by atoms with Gasteiger partial charge in [-0.2, -0.15) is 0 Å². The van der Waals surface area contributed by atoms with Crippen molar-refractivity contribution in [1.29, 1.82) is 0 Å². The highest BCUT2D eigenvalue weighted by molar-refractivity contribution is 9.11. The van der Waals surface area contributed by atoms with E-state index in [0.29, 0.717) is 21.1 Å². The molecule has 0 spiro atoms. The number of hydrogen-bond acceptors (Lipinski definition) is 4. The third-order valence-corrected chi connectivity index (χ3v) is 6.70. The van der Waals surface area contributed by atoms with Crippen LogP contribution >= 0.6 is 27.3 Å². The lowest BCUT2D eigenvalue weighted by Gasteiger charge is -2.12. The number of nitrogens with one attached hydrogen (secondary N) is 1. The van der Waals surface area contributed by atoms with Crippen molar-refractivity contribution in [1.82, 2.24) is 4.72 Å². The summed E-state index contributed by atoms with van der Waals surface area (Å²) in [6, 6.07) is 1.64. The summed E-state index contributed by atoms with van der Waals surface area (Å²) in [5.74, 6) is 0.496. The summed E-state index contributed by atoms with van der Waals surface area (Å²) in [4.78, 5) is 1.16. The molecule has 1 aliphatic carbocycles. The molecule has 17 heavy (non-hydrogen) atoms. The van der Waals surface area contributed by atoms with Gasteiger partial charge in [-0.25, -0.2) is 13.1 Å². The molecule has 1 aliphatic rings. The maximum atomic E-state index is 12.1. The van der Waals surface area contributed by atoms with E-state index in [0.717, 1.165) is 17.7 Å². The molecule has 0 saturated heterocycles. The highest BCUT2D eigenvalue weighted by Gasteiger charge is 2.32. The summed E-state index contributed by atoms with van der Waals surface area (Å²) in [6.45, 7) is 2.27. The lowest BCUT2D eigenvalue weighted by atomic mass is 10.2. The Morgan fingerprint density at radius 1 is 1.65 bits per heavy atom. The van der Waals surface area contributed by atoms with E-state index >= 15 is 0 Å². The van der Waals surface area contributed by atoms with Crippen LogP contribution in [0.25, 0.3) is 0 Å². The van der Waals surface area contributed by atoms with Crippen molar-refractivity contribution in [3.63, 3.8) is 0 Å². The molecule has 1 fully saturated rings. The van der Waals surface area contributed by atoms with Gasteiger partial charge in [0.05, 0.1) is 3.79 Å². The van der Waals surface area contributed by atoms with Gasteiger partial charge in [0.2, 0.25) is 10.0 Å². The van der Waals surface area contributed by atoms with Crippen LogP contribution in [0.3, 0.4) is 0 Å². The molecule has 1 saturated carbocycles. The second kappa shape index (κ2) is 4.97. The molecule has 0 bridgehead atoms. The molecule has 1 atom stereocenters. The van der Waals surface area contributed by atoms with Crippen molar-refractivity contribution in [2.75, 3.05) is 0 Å². The van der Waals surface area contributed by atoms with E-state index < -0.39 is 10.0 Å². The Balaban J connectivity index is 2.20. The Bertz CT molecular complexity index is 508. The zero-order valence-corrected chi connectivity index (χ0v) is 12.7. The van der Waals surface area contributed by atoms with E-state index in [9.17, 15) is 8.42 Å². The van der Waals surface area contributed by atoms with Gasteiger partial charge < -0.3 is 5.73 Å². The molecule has 2 rings (SSSR count). The van der Waals surface area contributed by atoms with Gasteiger partial charge in [-0.15, -0.1) is 11.3 Å². The van der Waals surface area contributed by atoms with Gasteiger partial charge in [-0.1, -0.05) is 0 Å². The quantitative estimate of drug-likeness (QED) is 0.862. The normalized spacial score (nSPS) is 18.3.